The highest BCUT2D eigenvalue weighted by Gasteiger charge is 2.35. The molecule has 3 rings (SSSR count). The van der Waals surface area contributed by atoms with Gasteiger partial charge in [0.1, 0.15) is 0 Å². The fraction of sp³-hybridized carbons (Fsp3) is 1.00. The Hall–Kier alpha value is -0.0800. The van der Waals surface area contributed by atoms with Crippen molar-refractivity contribution in [3.63, 3.8) is 0 Å². The highest BCUT2D eigenvalue weighted by atomic mass is 15.2. The van der Waals surface area contributed by atoms with Gasteiger partial charge in [-0.05, 0) is 63.5 Å². The second-order valence-corrected chi connectivity index (χ2v) is 7.32. The standard InChI is InChI=1S/C15H28N2/c1-15(2)7-5-13(11-15)16-12-6-9-17-8-3-4-14(17)10-12/h12-14,16H,3-11H2,1-2H3. The minimum absolute atomic E-state index is 0.589. The molecule has 2 saturated heterocycles. The average Bonchev–Trinajstić information content (AvgIpc) is 2.84. The zero-order valence-corrected chi connectivity index (χ0v) is 11.5. The molecule has 0 aromatic heterocycles. The number of nitrogens with zero attached hydrogens (tertiary/aromatic N) is 1. The van der Waals surface area contributed by atoms with Gasteiger partial charge < -0.3 is 10.2 Å². The Morgan fingerprint density at radius 2 is 1.94 bits per heavy atom. The summed E-state index contributed by atoms with van der Waals surface area (Å²) in [6, 6.07) is 2.53. The summed E-state index contributed by atoms with van der Waals surface area (Å²) in [5, 5.41) is 3.96. The summed E-state index contributed by atoms with van der Waals surface area (Å²) in [6.07, 6.45) is 9.88. The van der Waals surface area contributed by atoms with Gasteiger partial charge in [0.2, 0.25) is 0 Å². The second kappa shape index (κ2) is 4.55. The normalized spacial score (nSPS) is 41.6. The summed E-state index contributed by atoms with van der Waals surface area (Å²) in [6.45, 7) is 7.56. The van der Waals surface area contributed by atoms with Gasteiger partial charge in [-0.15, -0.1) is 0 Å². The van der Waals surface area contributed by atoms with Crippen LogP contribution in [-0.4, -0.2) is 36.1 Å². The zero-order chi connectivity index (χ0) is 11.9. The minimum atomic E-state index is 0.589. The van der Waals surface area contributed by atoms with Crippen LogP contribution in [0.4, 0.5) is 0 Å². The molecule has 3 unspecified atom stereocenters. The number of fused-ring (bicyclic) bond motifs is 1. The van der Waals surface area contributed by atoms with Gasteiger partial charge in [0.05, 0.1) is 0 Å². The Bertz CT molecular complexity index is 274. The van der Waals surface area contributed by atoms with E-state index >= 15 is 0 Å². The molecule has 3 fully saturated rings. The molecule has 1 saturated carbocycles. The molecule has 2 heterocycles. The van der Waals surface area contributed by atoms with Crippen molar-refractivity contribution in [3.05, 3.63) is 0 Å². The summed E-state index contributed by atoms with van der Waals surface area (Å²) < 4.78 is 0. The lowest BCUT2D eigenvalue weighted by atomic mass is 9.91. The first-order valence-corrected chi connectivity index (χ1v) is 7.62. The molecule has 0 amide bonds. The maximum Gasteiger partial charge on any atom is 0.0111 e. The Balaban J connectivity index is 1.50. The van der Waals surface area contributed by atoms with Crippen LogP contribution in [0.25, 0.3) is 0 Å². The van der Waals surface area contributed by atoms with Crippen molar-refractivity contribution >= 4 is 0 Å². The predicted octanol–water partition coefficient (Wildman–Crippen LogP) is 2.78. The summed E-state index contributed by atoms with van der Waals surface area (Å²) in [5.74, 6) is 0. The van der Waals surface area contributed by atoms with E-state index in [-0.39, 0.29) is 0 Å². The van der Waals surface area contributed by atoms with E-state index < -0.39 is 0 Å². The van der Waals surface area contributed by atoms with E-state index in [1.54, 1.807) is 0 Å². The molecule has 98 valence electrons. The van der Waals surface area contributed by atoms with Crippen LogP contribution in [0.2, 0.25) is 0 Å². The molecule has 2 heteroatoms. The molecule has 17 heavy (non-hydrogen) atoms. The van der Waals surface area contributed by atoms with Gasteiger partial charge in [0.25, 0.3) is 0 Å². The number of rotatable bonds is 2. The van der Waals surface area contributed by atoms with E-state index in [4.69, 9.17) is 0 Å². The summed E-state index contributed by atoms with van der Waals surface area (Å²) >= 11 is 0. The van der Waals surface area contributed by atoms with E-state index in [0.717, 1.165) is 18.1 Å². The number of hydrogen-bond donors (Lipinski definition) is 1. The maximum absolute atomic E-state index is 3.96. The zero-order valence-electron chi connectivity index (χ0n) is 11.5. The van der Waals surface area contributed by atoms with Crippen molar-refractivity contribution < 1.29 is 0 Å². The fourth-order valence-corrected chi connectivity index (χ4v) is 4.29. The SMILES string of the molecule is CC1(C)CCC(NC2CCN3CCCC3C2)C1. The number of hydrogen-bond acceptors (Lipinski definition) is 2. The Morgan fingerprint density at radius 3 is 2.71 bits per heavy atom. The van der Waals surface area contributed by atoms with E-state index in [9.17, 15) is 0 Å². The van der Waals surface area contributed by atoms with Crippen LogP contribution in [0.15, 0.2) is 0 Å². The number of piperidine rings is 1. The third kappa shape index (κ3) is 2.68. The monoisotopic (exact) mass is 236 g/mol. The highest BCUT2D eigenvalue weighted by Crippen LogP contribution is 2.37. The van der Waals surface area contributed by atoms with Gasteiger partial charge in [-0.2, -0.15) is 0 Å². The molecule has 2 aliphatic heterocycles. The predicted molar refractivity (Wildman–Crippen MR) is 72.2 cm³/mol. The molecule has 0 aromatic carbocycles. The van der Waals surface area contributed by atoms with Crippen LogP contribution >= 0.6 is 0 Å². The van der Waals surface area contributed by atoms with E-state index in [1.807, 2.05) is 0 Å². The molecule has 0 bridgehead atoms. The summed E-state index contributed by atoms with van der Waals surface area (Å²) in [7, 11) is 0. The number of nitrogens with one attached hydrogen (secondary N) is 1. The van der Waals surface area contributed by atoms with Crippen LogP contribution in [0.3, 0.4) is 0 Å². The van der Waals surface area contributed by atoms with Gasteiger partial charge in [0.15, 0.2) is 0 Å². The van der Waals surface area contributed by atoms with Crippen molar-refractivity contribution in [2.75, 3.05) is 13.1 Å². The molecule has 1 aliphatic carbocycles. The molecule has 0 spiro atoms. The fourth-order valence-electron chi connectivity index (χ4n) is 4.29. The Morgan fingerprint density at radius 1 is 1.06 bits per heavy atom. The first-order valence-electron chi connectivity index (χ1n) is 7.62. The topological polar surface area (TPSA) is 15.3 Å². The second-order valence-electron chi connectivity index (χ2n) is 7.32. The van der Waals surface area contributed by atoms with Crippen LogP contribution in [0.5, 0.6) is 0 Å². The Labute approximate surface area is 106 Å². The van der Waals surface area contributed by atoms with Crippen LogP contribution < -0.4 is 5.32 Å². The molecular formula is C15H28N2. The maximum atomic E-state index is 3.96. The molecular weight excluding hydrogens is 208 g/mol. The van der Waals surface area contributed by atoms with E-state index in [2.05, 4.69) is 24.1 Å². The van der Waals surface area contributed by atoms with E-state index in [1.165, 1.54) is 58.0 Å². The van der Waals surface area contributed by atoms with Gasteiger partial charge in [-0.3, -0.25) is 0 Å². The van der Waals surface area contributed by atoms with Crippen LogP contribution in [0.1, 0.15) is 58.8 Å². The average molecular weight is 236 g/mol. The quantitative estimate of drug-likeness (QED) is 0.793. The van der Waals surface area contributed by atoms with Crippen molar-refractivity contribution in [2.45, 2.75) is 76.9 Å². The lowest BCUT2D eigenvalue weighted by Gasteiger charge is -2.36. The molecule has 3 aliphatic rings. The minimum Gasteiger partial charge on any atom is -0.311 e. The lowest BCUT2D eigenvalue weighted by Crippen LogP contribution is -2.48. The Kier molecular flexibility index (Phi) is 3.20. The van der Waals surface area contributed by atoms with Crippen molar-refractivity contribution in [1.29, 1.82) is 0 Å². The van der Waals surface area contributed by atoms with Crippen molar-refractivity contribution in [3.8, 4) is 0 Å². The molecule has 0 aromatic rings. The first kappa shape index (κ1) is 12.0. The highest BCUT2D eigenvalue weighted by molar-refractivity contribution is 4.93. The van der Waals surface area contributed by atoms with Gasteiger partial charge >= 0.3 is 0 Å². The molecule has 3 atom stereocenters. The molecule has 0 radical (unpaired) electrons. The van der Waals surface area contributed by atoms with Crippen molar-refractivity contribution in [1.82, 2.24) is 10.2 Å². The van der Waals surface area contributed by atoms with E-state index in [0.29, 0.717) is 5.41 Å². The summed E-state index contributed by atoms with van der Waals surface area (Å²) in [5.41, 5.74) is 0.589. The molecule has 2 nitrogen and oxygen atoms in total. The molecule has 1 N–H and O–H groups in total. The van der Waals surface area contributed by atoms with Crippen LogP contribution in [-0.2, 0) is 0 Å². The van der Waals surface area contributed by atoms with Crippen LogP contribution in [0, 0.1) is 5.41 Å². The van der Waals surface area contributed by atoms with Gasteiger partial charge in [-0.1, -0.05) is 13.8 Å². The largest absolute Gasteiger partial charge is 0.311 e. The first-order chi connectivity index (χ1) is 8.12. The van der Waals surface area contributed by atoms with Gasteiger partial charge in [0, 0.05) is 18.1 Å². The smallest absolute Gasteiger partial charge is 0.0111 e. The van der Waals surface area contributed by atoms with Crippen molar-refractivity contribution in [2.24, 2.45) is 5.41 Å². The van der Waals surface area contributed by atoms with Gasteiger partial charge in [-0.25, -0.2) is 0 Å². The lowest BCUT2D eigenvalue weighted by molar-refractivity contribution is 0.160. The third-order valence-corrected chi connectivity index (χ3v) is 5.26. The summed E-state index contributed by atoms with van der Waals surface area (Å²) in [4.78, 5) is 2.72. The third-order valence-electron chi connectivity index (χ3n) is 5.26.